The van der Waals surface area contributed by atoms with Crippen molar-refractivity contribution in [2.24, 2.45) is 5.92 Å². The lowest BCUT2D eigenvalue weighted by Crippen LogP contribution is -2.73. The second-order valence-corrected chi connectivity index (χ2v) is 11.0. The van der Waals surface area contributed by atoms with Gasteiger partial charge in [-0.3, -0.25) is 9.80 Å². The molecule has 0 spiro atoms. The van der Waals surface area contributed by atoms with E-state index in [2.05, 4.69) is 42.4 Å². The number of piperazine rings is 1. The molecule has 3 aliphatic heterocycles. The zero-order valence-corrected chi connectivity index (χ0v) is 19.6. The Bertz CT molecular complexity index is 1050. The van der Waals surface area contributed by atoms with Crippen molar-refractivity contribution in [3.05, 3.63) is 23.5 Å². The van der Waals surface area contributed by atoms with Crippen LogP contribution in [0.15, 0.2) is 12.3 Å². The summed E-state index contributed by atoms with van der Waals surface area (Å²) in [5.74, 6) is 2.52. The van der Waals surface area contributed by atoms with Crippen molar-refractivity contribution in [3.8, 4) is 6.07 Å². The number of aromatic nitrogens is 3. The molecule has 2 aromatic heterocycles. The summed E-state index contributed by atoms with van der Waals surface area (Å²) < 4.78 is 4.32. The highest BCUT2D eigenvalue weighted by Crippen LogP contribution is 2.44. The van der Waals surface area contributed by atoms with E-state index in [1.165, 1.54) is 43.9 Å². The Morgan fingerprint density at radius 2 is 2.09 bits per heavy atom. The van der Waals surface area contributed by atoms with E-state index in [1.807, 2.05) is 19.2 Å². The summed E-state index contributed by atoms with van der Waals surface area (Å²) in [6, 6.07) is 5.79. The molecule has 2 bridgehead atoms. The number of fused-ring (bicyclic) bond motifs is 2. The first kappa shape index (κ1) is 20.3. The fraction of sp³-hybridized carbons (Fsp3) is 0.652. The monoisotopic (exact) mass is 450 g/mol. The lowest BCUT2D eigenvalue weighted by molar-refractivity contribution is 0.00898. The molecular formula is C23H30N8S. The molecule has 32 heavy (non-hydrogen) atoms. The maximum Gasteiger partial charge on any atom is 0.229 e. The molecular weight excluding hydrogens is 420 g/mol. The molecule has 2 unspecified atom stereocenters. The minimum absolute atomic E-state index is 0.0421. The molecule has 1 aliphatic carbocycles. The number of aryl methyl sites for hydroxylation is 2. The van der Waals surface area contributed by atoms with E-state index >= 15 is 0 Å². The van der Waals surface area contributed by atoms with Gasteiger partial charge in [-0.05, 0) is 56.6 Å². The van der Waals surface area contributed by atoms with Crippen LogP contribution in [0.4, 0.5) is 16.8 Å². The van der Waals surface area contributed by atoms with Gasteiger partial charge in [0.15, 0.2) is 0 Å². The molecule has 0 amide bonds. The zero-order chi connectivity index (χ0) is 21.9. The first-order chi connectivity index (χ1) is 15.5. The van der Waals surface area contributed by atoms with Crippen LogP contribution in [0, 0.1) is 31.1 Å². The summed E-state index contributed by atoms with van der Waals surface area (Å²) in [6.07, 6.45) is 6.58. The average Bonchev–Trinajstić information content (AvgIpc) is 3.13. The molecule has 8 nitrogen and oxygen atoms in total. The molecule has 2 aromatic rings. The van der Waals surface area contributed by atoms with E-state index in [1.54, 1.807) is 0 Å². The van der Waals surface area contributed by atoms with Gasteiger partial charge in [-0.2, -0.15) is 14.6 Å². The summed E-state index contributed by atoms with van der Waals surface area (Å²) in [5.41, 5.74) is 2.02. The van der Waals surface area contributed by atoms with Gasteiger partial charge in [0.25, 0.3) is 0 Å². The Morgan fingerprint density at radius 3 is 2.75 bits per heavy atom. The lowest BCUT2D eigenvalue weighted by atomic mass is 9.83. The summed E-state index contributed by atoms with van der Waals surface area (Å²) in [7, 11) is 0. The number of likely N-dealkylation sites (tertiary alicyclic amines) is 2. The standard InChI is InChI=1S/C23H30N8S/c1-15-9-25-22(26-20-7-16(2)28-32-20)27-21(15)30-13-23(14-30,5-6-24)31-12-18-8-19(31)11-29(18)10-17-3-4-17/h7,9,17-19H,3-5,8,10-14H2,1-2H3,(H,25,26,27). The number of nitrogens with zero attached hydrogens (tertiary/aromatic N) is 7. The van der Waals surface area contributed by atoms with E-state index in [0.29, 0.717) is 24.5 Å². The first-order valence-corrected chi connectivity index (χ1v) is 12.5. The van der Waals surface area contributed by atoms with Gasteiger partial charge in [0.1, 0.15) is 10.8 Å². The quantitative estimate of drug-likeness (QED) is 0.689. The minimum Gasteiger partial charge on any atom is -0.352 e. The summed E-state index contributed by atoms with van der Waals surface area (Å²) in [4.78, 5) is 17.0. The molecule has 4 aliphatic rings. The molecule has 2 atom stereocenters. The number of rotatable bonds is 7. The van der Waals surface area contributed by atoms with Crippen LogP contribution in [-0.4, -0.2) is 74.5 Å². The van der Waals surface area contributed by atoms with Gasteiger partial charge in [0.05, 0.1) is 23.7 Å². The molecule has 9 heteroatoms. The van der Waals surface area contributed by atoms with E-state index in [0.717, 1.165) is 47.6 Å². The molecule has 0 radical (unpaired) electrons. The highest BCUT2D eigenvalue weighted by atomic mass is 32.1. The Kier molecular flexibility index (Phi) is 4.86. The van der Waals surface area contributed by atoms with Crippen molar-refractivity contribution in [2.75, 3.05) is 42.9 Å². The van der Waals surface area contributed by atoms with Gasteiger partial charge in [0, 0.05) is 56.6 Å². The maximum atomic E-state index is 9.65. The molecule has 1 N–H and O–H groups in total. The van der Waals surface area contributed by atoms with Gasteiger partial charge in [0.2, 0.25) is 5.95 Å². The number of hydrogen-bond acceptors (Lipinski definition) is 9. The number of nitriles is 1. The van der Waals surface area contributed by atoms with E-state index in [4.69, 9.17) is 4.98 Å². The zero-order valence-electron chi connectivity index (χ0n) is 18.8. The summed E-state index contributed by atoms with van der Waals surface area (Å²) >= 11 is 1.42. The van der Waals surface area contributed by atoms with Gasteiger partial charge < -0.3 is 10.2 Å². The summed E-state index contributed by atoms with van der Waals surface area (Å²) in [6.45, 7) is 9.37. The number of nitrogens with one attached hydrogen (secondary N) is 1. The minimum atomic E-state index is -0.0421. The molecule has 4 fully saturated rings. The fourth-order valence-electron chi connectivity index (χ4n) is 5.89. The number of anilines is 3. The third-order valence-electron chi connectivity index (χ3n) is 7.64. The maximum absolute atomic E-state index is 9.65. The first-order valence-electron chi connectivity index (χ1n) is 11.7. The average molecular weight is 451 g/mol. The van der Waals surface area contributed by atoms with Crippen molar-refractivity contribution in [2.45, 2.75) is 57.2 Å². The van der Waals surface area contributed by atoms with E-state index in [9.17, 15) is 5.26 Å². The van der Waals surface area contributed by atoms with Crippen molar-refractivity contribution >= 4 is 28.3 Å². The van der Waals surface area contributed by atoms with Crippen LogP contribution in [-0.2, 0) is 0 Å². The van der Waals surface area contributed by atoms with Crippen LogP contribution in [0.25, 0.3) is 0 Å². The van der Waals surface area contributed by atoms with Crippen molar-refractivity contribution in [1.29, 1.82) is 5.26 Å². The van der Waals surface area contributed by atoms with Crippen molar-refractivity contribution < 1.29 is 0 Å². The van der Waals surface area contributed by atoms with Crippen LogP contribution >= 0.6 is 11.5 Å². The lowest BCUT2D eigenvalue weighted by Gasteiger charge is -2.57. The van der Waals surface area contributed by atoms with Crippen LogP contribution in [0.2, 0.25) is 0 Å². The molecule has 5 heterocycles. The van der Waals surface area contributed by atoms with E-state index < -0.39 is 0 Å². The van der Waals surface area contributed by atoms with Gasteiger partial charge in [-0.25, -0.2) is 4.98 Å². The summed E-state index contributed by atoms with van der Waals surface area (Å²) in [5, 5.41) is 13.9. The second-order valence-electron chi connectivity index (χ2n) is 10.2. The predicted molar refractivity (Wildman–Crippen MR) is 125 cm³/mol. The second kappa shape index (κ2) is 7.65. The van der Waals surface area contributed by atoms with Crippen LogP contribution in [0.5, 0.6) is 0 Å². The Balaban J connectivity index is 1.16. The number of hydrogen-bond donors (Lipinski definition) is 1. The molecule has 1 saturated carbocycles. The molecule has 6 rings (SSSR count). The fourth-order valence-corrected chi connectivity index (χ4v) is 6.54. The van der Waals surface area contributed by atoms with Crippen molar-refractivity contribution in [3.63, 3.8) is 0 Å². The normalized spacial score (nSPS) is 26.8. The Labute approximate surface area is 193 Å². The van der Waals surface area contributed by atoms with Crippen LogP contribution in [0.3, 0.4) is 0 Å². The topological polar surface area (TPSA) is 84.2 Å². The largest absolute Gasteiger partial charge is 0.352 e. The van der Waals surface area contributed by atoms with E-state index in [-0.39, 0.29) is 5.54 Å². The van der Waals surface area contributed by atoms with Gasteiger partial charge in [-0.15, -0.1) is 0 Å². The molecule has 168 valence electrons. The Hall–Kier alpha value is -2.28. The van der Waals surface area contributed by atoms with Crippen molar-refractivity contribution in [1.82, 2.24) is 24.1 Å². The Morgan fingerprint density at radius 1 is 1.25 bits per heavy atom. The smallest absolute Gasteiger partial charge is 0.229 e. The van der Waals surface area contributed by atoms with Gasteiger partial charge >= 0.3 is 0 Å². The van der Waals surface area contributed by atoms with Crippen LogP contribution in [0.1, 0.15) is 36.9 Å². The highest BCUT2D eigenvalue weighted by Gasteiger charge is 2.56. The third-order valence-corrected chi connectivity index (χ3v) is 8.43. The molecule has 3 saturated heterocycles. The van der Waals surface area contributed by atoms with Gasteiger partial charge in [-0.1, -0.05) is 0 Å². The molecule has 0 aromatic carbocycles. The third kappa shape index (κ3) is 3.54. The highest BCUT2D eigenvalue weighted by molar-refractivity contribution is 7.10. The predicted octanol–water partition coefficient (Wildman–Crippen LogP) is 2.93. The SMILES string of the molecule is Cc1cc(Nc2ncc(C)c(N3CC(CC#N)(N4CC5CC4CN5CC4CC4)C3)n2)sn1. The van der Waals surface area contributed by atoms with Crippen LogP contribution < -0.4 is 10.2 Å².